The lowest BCUT2D eigenvalue weighted by molar-refractivity contribution is -0.140. The van der Waals surface area contributed by atoms with E-state index >= 15 is 0 Å². The molecule has 2 amide bonds. The number of urea groups is 1. The molecule has 1 saturated carbocycles. The Kier molecular flexibility index (Phi) is 7.35. The predicted molar refractivity (Wildman–Crippen MR) is 86.7 cm³/mol. The number of hydrogen-bond donors (Lipinski definition) is 3. The van der Waals surface area contributed by atoms with Crippen LogP contribution in [0.2, 0.25) is 0 Å². The van der Waals surface area contributed by atoms with Crippen LogP contribution in [0.15, 0.2) is 0 Å². The summed E-state index contributed by atoms with van der Waals surface area (Å²) in [6, 6.07) is -1.20. The molecule has 21 heavy (non-hydrogen) atoms. The Labute approximate surface area is 131 Å². The molecule has 122 valence electrons. The van der Waals surface area contributed by atoms with Crippen LogP contribution in [0.1, 0.15) is 52.4 Å². The number of hydrogen-bond acceptors (Lipinski definition) is 3. The zero-order chi connectivity index (χ0) is 15.9. The maximum Gasteiger partial charge on any atom is 0.326 e. The highest BCUT2D eigenvalue weighted by molar-refractivity contribution is 8.00. The van der Waals surface area contributed by atoms with Crippen LogP contribution in [0.3, 0.4) is 0 Å². The molecule has 0 bridgehead atoms. The smallest absolute Gasteiger partial charge is 0.326 e. The van der Waals surface area contributed by atoms with E-state index in [9.17, 15) is 14.7 Å². The highest BCUT2D eigenvalue weighted by Crippen LogP contribution is 2.37. The fraction of sp³-hybridized carbons (Fsp3) is 0.867. The van der Waals surface area contributed by atoms with Gasteiger partial charge in [0.25, 0.3) is 0 Å². The fourth-order valence-electron chi connectivity index (χ4n) is 2.77. The van der Waals surface area contributed by atoms with E-state index in [1.54, 1.807) is 0 Å². The topological polar surface area (TPSA) is 78.4 Å². The number of nitrogens with one attached hydrogen (secondary N) is 2. The van der Waals surface area contributed by atoms with Crippen molar-refractivity contribution in [1.82, 2.24) is 10.6 Å². The normalized spacial score (nSPS) is 20.3. The highest BCUT2D eigenvalue weighted by atomic mass is 32.2. The third kappa shape index (κ3) is 5.41. The largest absolute Gasteiger partial charge is 0.480 e. The van der Waals surface area contributed by atoms with Gasteiger partial charge in [0.05, 0.1) is 0 Å². The highest BCUT2D eigenvalue weighted by Gasteiger charge is 2.32. The molecule has 1 rings (SSSR count). The monoisotopic (exact) mass is 316 g/mol. The van der Waals surface area contributed by atoms with E-state index in [0.717, 1.165) is 12.8 Å². The Morgan fingerprint density at radius 1 is 1.29 bits per heavy atom. The van der Waals surface area contributed by atoms with E-state index < -0.39 is 12.0 Å². The summed E-state index contributed by atoms with van der Waals surface area (Å²) in [7, 11) is 0. The first-order valence-corrected chi connectivity index (χ1v) is 8.99. The van der Waals surface area contributed by atoms with Crippen molar-refractivity contribution in [3.63, 3.8) is 0 Å². The number of carboxylic acid groups (broad SMARTS) is 1. The molecule has 0 heterocycles. The maximum atomic E-state index is 12.0. The summed E-state index contributed by atoms with van der Waals surface area (Å²) in [6.07, 6.45) is 8.70. The molecule has 0 aromatic rings. The molecule has 5 nitrogen and oxygen atoms in total. The zero-order valence-corrected chi connectivity index (χ0v) is 14.1. The lowest BCUT2D eigenvalue weighted by Gasteiger charge is -2.36. The standard InChI is InChI=1S/C15H28N2O3S/c1-4-11(2)12(13(18)19)17-14(20)16-10-15(21-3)8-6-5-7-9-15/h11-12H,4-10H2,1-3H3,(H,18,19)(H2,16,17,20). The minimum atomic E-state index is -0.975. The Hall–Kier alpha value is -0.910. The van der Waals surface area contributed by atoms with Crippen LogP contribution < -0.4 is 10.6 Å². The summed E-state index contributed by atoms with van der Waals surface area (Å²) in [6.45, 7) is 4.36. The van der Waals surface area contributed by atoms with Crippen LogP contribution in [0, 0.1) is 5.92 Å². The number of carbonyl (C=O) groups is 2. The van der Waals surface area contributed by atoms with Crippen molar-refractivity contribution >= 4 is 23.8 Å². The van der Waals surface area contributed by atoms with Gasteiger partial charge in [0.1, 0.15) is 6.04 Å². The number of aliphatic carboxylic acids is 1. The van der Waals surface area contributed by atoms with Gasteiger partial charge in [0, 0.05) is 11.3 Å². The van der Waals surface area contributed by atoms with E-state index in [0.29, 0.717) is 13.0 Å². The molecule has 6 heteroatoms. The third-order valence-electron chi connectivity index (χ3n) is 4.53. The van der Waals surface area contributed by atoms with Crippen LogP contribution in [0.4, 0.5) is 4.79 Å². The number of amides is 2. The number of rotatable bonds is 7. The summed E-state index contributed by atoms with van der Waals surface area (Å²) >= 11 is 1.81. The van der Waals surface area contributed by atoms with Gasteiger partial charge in [0.2, 0.25) is 0 Å². The van der Waals surface area contributed by atoms with Crippen molar-refractivity contribution in [2.75, 3.05) is 12.8 Å². The average molecular weight is 316 g/mol. The van der Waals surface area contributed by atoms with Crippen LogP contribution in [-0.4, -0.2) is 40.7 Å². The van der Waals surface area contributed by atoms with Gasteiger partial charge in [-0.05, 0) is 25.0 Å². The molecule has 0 spiro atoms. The number of thioether (sulfide) groups is 1. The van der Waals surface area contributed by atoms with Gasteiger partial charge in [-0.15, -0.1) is 0 Å². The Bertz CT molecular complexity index is 357. The lowest BCUT2D eigenvalue weighted by atomic mass is 9.88. The van der Waals surface area contributed by atoms with Crippen molar-refractivity contribution in [2.45, 2.75) is 63.2 Å². The molecule has 0 aliphatic heterocycles. The molecule has 0 saturated heterocycles. The summed E-state index contributed by atoms with van der Waals surface area (Å²) < 4.78 is 0.116. The molecule has 1 aliphatic carbocycles. The second-order valence-electron chi connectivity index (χ2n) is 5.98. The molecular formula is C15H28N2O3S. The second kappa shape index (κ2) is 8.51. The number of carbonyl (C=O) groups excluding carboxylic acids is 1. The molecule has 3 N–H and O–H groups in total. The van der Waals surface area contributed by atoms with Gasteiger partial charge in [0.15, 0.2) is 0 Å². The van der Waals surface area contributed by atoms with Crippen molar-refractivity contribution < 1.29 is 14.7 Å². The zero-order valence-electron chi connectivity index (χ0n) is 13.3. The van der Waals surface area contributed by atoms with Gasteiger partial charge in [-0.25, -0.2) is 9.59 Å². The molecule has 2 atom stereocenters. The van der Waals surface area contributed by atoms with Crippen LogP contribution in [-0.2, 0) is 4.79 Å². The molecule has 0 aromatic heterocycles. The second-order valence-corrected chi connectivity index (χ2v) is 7.25. The molecule has 0 aromatic carbocycles. The average Bonchev–Trinajstić information content (AvgIpc) is 2.50. The van der Waals surface area contributed by atoms with Gasteiger partial charge in [-0.1, -0.05) is 39.5 Å². The lowest BCUT2D eigenvalue weighted by Crippen LogP contribution is -2.52. The summed E-state index contributed by atoms with van der Waals surface area (Å²) in [4.78, 5) is 23.2. The van der Waals surface area contributed by atoms with E-state index in [1.165, 1.54) is 19.3 Å². The van der Waals surface area contributed by atoms with Crippen LogP contribution in [0.5, 0.6) is 0 Å². The van der Waals surface area contributed by atoms with Crippen LogP contribution >= 0.6 is 11.8 Å². The number of carboxylic acids is 1. The first-order chi connectivity index (χ1) is 9.94. The van der Waals surface area contributed by atoms with E-state index in [-0.39, 0.29) is 16.7 Å². The SMILES string of the molecule is CCC(C)C(NC(=O)NCC1(SC)CCCCC1)C(=O)O. The molecule has 1 aliphatic rings. The Morgan fingerprint density at radius 2 is 1.90 bits per heavy atom. The first-order valence-electron chi connectivity index (χ1n) is 7.76. The minimum Gasteiger partial charge on any atom is -0.480 e. The van der Waals surface area contributed by atoms with E-state index in [1.807, 2.05) is 25.6 Å². The first kappa shape index (κ1) is 18.1. The van der Waals surface area contributed by atoms with E-state index in [2.05, 4.69) is 16.9 Å². The summed E-state index contributed by atoms with van der Waals surface area (Å²) in [5.74, 6) is -1.06. The fourth-order valence-corrected chi connectivity index (χ4v) is 3.68. The molecule has 0 radical (unpaired) electrons. The van der Waals surface area contributed by atoms with Crippen molar-refractivity contribution in [3.05, 3.63) is 0 Å². The van der Waals surface area contributed by atoms with Crippen molar-refractivity contribution in [2.24, 2.45) is 5.92 Å². The molecular weight excluding hydrogens is 288 g/mol. The Balaban J connectivity index is 2.50. The quantitative estimate of drug-likeness (QED) is 0.675. The van der Waals surface area contributed by atoms with Gasteiger partial charge in [-0.3, -0.25) is 0 Å². The van der Waals surface area contributed by atoms with Crippen LogP contribution in [0.25, 0.3) is 0 Å². The van der Waals surface area contributed by atoms with Gasteiger partial charge in [-0.2, -0.15) is 11.8 Å². The maximum absolute atomic E-state index is 12.0. The minimum absolute atomic E-state index is 0.0857. The predicted octanol–water partition coefficient (Wildman–Crippen LogP) is 2.85. The third-order valence-corrected chi connectivity index (χ3v) is 5.95. The Morgan fingerprint density at radius 3 is 2.38 bits per heavy atom. The van der Waals surface area contributed by atoms with Gasteiger partial charge >= 0.3 is 12.0 Å². The van der Waals surface area contributed by atoms with E-state index in [4.69, 9.17) is 0 Å². The summed E-state index contributed by atoms with van der Waals surface area (Å²) in [5.41, 5.74) is 0. The molecule has 1 fully saturated rings. The summed E-state index contributed by atoms with van der Waals surface area (Å²) in [5, 5.41) is 14.7. The van der Waals surface area contributed by atoms with Gasteiger partial charge < -0.3 is 15.7 Å². The van der Waals surface area contributed by atoms with Crippen molar-refractivity contribution in [1.29, 1.82) is 0 Å². The van der Waals surface area contributed by atoms with Crippen molar-refractivity contribution in [3.8, 4) is 0 Å². The molecule has 2 unspecified atom stereocenters.